The molecule has 0 aliphatic carbocycles. The van der Waals surface area contributed by atoms with Gasteiger partial charge in [-0.05, 0) is 24.1 Å². The van der Waals surface area contributed by atoms with Crippen molar-refractivity contribution in [1.29, 1.82) is 0 Å². The Morgan fingerprint density at radius 3 is 1.89 bits per heavy atom. The average Bonchev–Trinajstić information content (AvgIpc) is 2.49. The Labute approximate surface area is 116 Å². The first-order chi connectivity index (χ1) is 9.42. The van der Waals surface area contributed by atoms with E-state index in [1.807, 2.05) is 6.08 Å². The van der Waals surface area contributed by atoms with Crippen LogP contribution < -0.4 is 5.32 Å². The first kappa shape index (κ1) is 13.6. The first-order valence-corrected chi connectivity index (χ1v) is 6.83. The maximum Gasteiger partial charge on any atom is 0.0214 e. The second-order valence-electron chi connectivity index (χ2n) is 4.66. The zero-order valence-electron chi connectivity index (χ0n) is 11.3. The van der Waals surface area contributed by atoms with Crippen LogP contribution in [0.5, 0.6) is 0 Å². The number of benzene rings is 2. The summed E-state index contributed by atoms with van der Waals surface area (Å²) in [6.45, 7) is 5.70. The summed E-state index contributed by atoms with van der Waals surface area (Å²) in [5, 5.41) is 3.51. The quantitative estimate of drug-likeness (QED) is 0.579. The molecule has 0 aliphatic heterocycles. The molecule has 0 atom stereocenters. The number of hydrogen-bond acceptors (Lipinski definition) is 1. The molecule has 1 heteroatoms. The van der Waals surface area contributed by atoms with E-state index < -0.39 is 0 Å². The van der Waals surface area contributed by atoms with Gasteiger partial charge in [0.2, 0.25) is 0 Å². The summed E-state index contributed by atoms with van der Waals surface area (Å²) >= 11 is 0. The standard InChI is InChI=1S/C18H21N/c1-2-3-14-19-15-18(16-10-6-4-7-11-16)17-12-8-5-9-13-17/h2,4-13,18-19H,1,3,14-15H2. The van der Waals surface area contributed by atoms with E-state index >= 15 is 0 Å². The largest absolute Gasteiger partial charge is 0.315 e. The van der Waals surface area contributed by atoms with E-state index in [-0.39, 0.29) is 0 Å². The second kappa shape index (κ2) is 7.55. The molecule has 0 saturated carbocycles. The maximum absolute atomic E-state index is 3.75. The summed E-state index contributed by atoms with van der Waals surface area (Å²) in [6, 6.07) is 21.4. The Kier molecular flexibility index (Phi) is 5.39. The van der Waals surface area contributed by atoms with Crippen LogP contribution in [-0.2, 0) is 0 Å². The van der Waals surface area contributed by atoms with Crippen molar-refractivity contribution in [1.82, 2.24) is 5.32 Å². The van der Waals surface area contributed by atoms with Gasteiger partial charge >= 0.3 is 0 Å². The van der Waals surface area contributed by atoms with Crippen molar-refractivity contribution in [3.63, 3.8) is 0 Å². The van der Waals surface area contributed by atoms with Gasteiger partial charge in [0.1, 0.15) is 0 Å². The van der Waals surface area contributed by atoms with Gasteiger partial charge in [-0.2, -0.15) is 0 Å². The fourth-order valence-corrected chi connectivity index (χ4v) is 2.25. The molecule has 2 aromatic rings. The van der Waals surface area contributed by atoms with Crippen LogP contribution in [0.25, 0.3) is 0 Å². The molecule has 2 rings (SSSR count). The van der Waals surface area contributed by atoms with E-state index in [0.717, 1.165) is 19.5 Å². The van der Waals surface area contributed by atoms with Gasteiger partial charge in [-0.15, -0.1) is 6.58 Å². The van der Waals surface area contributed by atoms with Crippen LogP contribution in [-0.4, -0.2) is 13.1 Å². The molecule has 0 aliphatic rings. The van der Waals surface area contributed by atoms with E-state index in [4.69, 9.17) is 0 Å². The van der Waals surface area contributed by atoms with Crippen molar-refractivity contribution in [2.45, 2.75) is 12.3 Å². The van der Waals surface area contributed by atoms with Crippen LogP contribution >= 0.6 is 0 Å². The summed E-state index contributed by atoms with van der Waals surface area (Å²) in [5.41, 5.74) is 2.72. The van der Waals surface area contributed by atoms with Crippen LogP contribution in [0.4, 0.5) is 0 Å². The summed E-state index contributed by atoms with van der Waals surface area (Å²) in [6.07, 6.45) is 2.96. The molecular weight excluding hydrogens is 230 g/mol. The molecule has 1 nitrogen and oxygen atoms in total. The highest BCUT2D eigenvalue weighted by Gasteiger charge is 2.12. The molecule has 1 N–H and O–H groups in total. The molecule has 0 heterocycles. The van der Waals surface area contributed by atoms with Gasteiger partial charge in [0.05, 0.1) is 0 Å². The van der Waals surface area contributed by atoms with Gasteiger partial charge in [0.25, 0.3) is 0 Å². The Balaban J connectivity index is 2.12. The van der Waals surface area contributed by atoms with Crippen LogP contribution in [0.3, 0.4) is 0 Å². The van der Waals surface area contributed by atoms with Gasteiger partial charge in [0, 0.05) is 12.5 Å². The molecule has 2 aromatic carbocycles. The second-order valence-corrected chi connectivity index (χ2v) is 4.66. The molecule has 0 fully saturated rings. The Bertz CT molecular complexity index is 436. The van der Waals surface area contributed by atoms with Crippen LogP contribution in [0, 0.1) is 0 Å². The van der Waals surface area contributed by atoms with Gasteiger partial charge < -0.3 is 5.32 Å². The fraction of sp³-hybridized carbons (Fsp3) is 0.222. The lowest BCUT2D eigenvalue weighted by Gasteiger charge is -2.18. The fourth-order valence-electron chi connectivity index (χ4n) is 2.25. The minimum Gasteiger partial charge on any atom is -0.315 e. The van der Waals surface area contributed by atoms with Crippen molar-refractivity contribution in [3.8, 4) is 0 Å². The highest BCUT2D eigenvalue weighted by molar-refractivity contribution is 5.32. The monoisotopic (exact) mass is 251 g/mol. The highest BCUT2D eigenvalue weighted by Crippen LogP contribution is 2.23. The van der Waals surface area contributed by atoms with Crippen molar-refractivity contribution >= 4 is 0 Å². The van der Waals surface area contributed by atoms with E-state index in [2.05, 4.69) is 72.6 Å². The predicted octanol–water partition coefficient (Wildman–Crippen LogP) is 3.98. The summed E-state index contributed by atoms with van der Waals surface area (Å²) in [5.74, 6) is 0.409. The summed E-state index contributed by atoms with van der Waals surface area (Å²) in [7, 11) is 0. The van der Waals surface area contributed by atoms with E-state index in [1.54, 1.807) is 0 Å². The van der Waals surface area contributed by atoms with Crippen molar-refractivity contribution in [2.24, 2.45) is 0 Å². The van der Waals surface area contributed by atoms with Crippen molar-refractivity contribution < 1.29 is 0 Å². The minimum absolute atomic E-state index is 0.409. The Morgan fingerprint density at radius 1 is 0.895 bits per heavy atom. The number of hydrogen-bond donors (Lipinski definition) is 1. The molecule has 19 heavy (non-hydrogen) atoms. The highest BCUT2D eigenvalue weighted by atomic mass is 14.9. The van der Waals surface area contributed by atoms with Crippen LogP contribution in [0.15, 0.2) is 73.3 Å². The minimum atomic E-state index is 0.409. The summed E-state index contributed by atoms with van der Waals surface area (Å²) < 4.78 is 0. The SMILES string of the molecule is C=CCCNCC(c1ccccc1)c1ccccc1. The van der Waals surface area contributed by atoms with E-state index in [0.29, 0.717) is 5.92 Å². The molecule has 98 valence electrons. The van der Waals surface area contributed by atoms with Gasteiger partial charge in [-0.1, -0.05) is 66.7 Å². The van der Waals surface area contributed by atoms with Gasteiger partial charge in [0.15, 0.2) is 0 Å². The lowest BCUT2D eigenvalue weighted by Crippen LogP contribution is -2.23. The Hall–Kier alpha value is -1.86. The Morgan fingerprint density at radius 2 is 1.42 bits per heavy atom. The molecule has 0 unspecified atom stereocenters. The lowest BCUT2D eigenvalue weighted by atomic mass is 9.91. The third-order valence-corrected chi connectivity index (χ3v) is 3.28. The smallest absolute Gasteiger partial charge is 0.0214 e. The molecule has 0 radical (unpaired) electrons. The van der Waals surface area contributed by atoms with Gasteiger partial charge in [-0.25, -0.2) is 0 Å². The number of rotatable bonds is 7. The average molecular weight is 251 g/mol. The normalized spacial score (nSPS) is 10.6. The van der Waals surface area contributed by atoms with E-state index in [1.165, 1.54) is 11.1 Å². The molecule has 0 saturated heterocycles. The molecule has 0 bridgehead atoms. The third-order valence-electron chi connectivity index (χ3n) is 3.28. The molecule has 0 amide bonds. The molecule has 0 spiro atoms. The zero-order chi connectivity index (χ0) is 13.3. The molecular formula is C18H21N. The third kappa shape index (κ3) is 4.08. The maximum atomic E-state index is 3.75. The van der Waals surface area contributed by atoms with Crippen LogP contribution in [0.1, 0.15) is 23.5 Å². The van der Waals surface area contributed by atoms with Crippen LogP contribution in [0.2, 0.25) is 0 Å². The van der Waals surface area contributed by atoms with Crippen molar-refractivity contribution in [3.05, 3.63) is 84.4 Å². The van der Waals surface area contributed by atoms with Gasteiger partial charge in [-0.3, -0.25) is 0 Å². The first-order valence-electron chi connectivity index (χ1n) is 6.83. The van der Waals surface area contributed by atoms with Crippen molar-refractivity contribution in [2.75, 3.05) is 13.1 Å². The predicted molar refractivity (Wildman–Crippen MR) is 82.4 cm³/mol. The number of nitrogens with one attached hydrogen (secondary N) is 1. The molecule has 0 aromatic heterocycles. The zero-order valence-corrected chi connectivity index (χ0v) is 11.3. The summed E-state index contributed by atoms with van der Waals surface area (Å²) in [4.78, 5) is 0. The lowest BCUT2D eigenvalue weighted by molar-refractivity contribution is 0.640. The topological polar surface area (TPSA) is 12.0 Å². The van der Waals surface area contributed by atoms with E-state index in [9.17, 15) is 0 Å².